The van der Waals surface area contributed by atoms with Crippen molar-refractivity contribution in [3.05, 3.63) is 39.5 Å². The second-order valence-corrected chi connectivity index (χ2v) is 7.99. The Hall–Kier alpha value is -1.97. The third kappa shape index (κ3) is 2.80. The summed E-state index contributed by atoms with van der Waals surface area (Å²) in [4.78, 5) is 11.1. The molecule has 1 atom stereocenters. The maximum atomic E-state index is 13.5. The molecule has 1 aliphatic heterocycles. The number of halogens is 1. The van der Waals surface area contributed by atoms with Gasteiger partial charge in [0.15, 0.2) is 0 Å². The third-order valence-corrected chi connectivity index (χ3v) is 5.60. The average Bonchev–Trinajstić information content (AvgIpc) is 2.74. The van der Waals surface area contributed by atoms with E-state index in [0.717, 1.165) is 32.7 Å². The van der Waals surface area contributed by atoms with Crippen molar-refractivity contribution in [2.75, 3.05) is 0 Å². The normalized spacial score (nSPS) is 27.3. The fourth-order valence-corrected chi connectivity index (χ4v) is 4.15. The summed E-state index contributed by atoms with van der Waals surface area (Å²) < 4.78 is 1.74. The molecule has 26 heavy (non-hydrogen) atoms. The second kappa shape index (κ2) is 6.64. The molecule has 0 aromatic heterocycles. The van der Waals surface area contributed by atoms with Crippen LogP contribution in [0.2, 0.25) is 0 Å². The van der Waals surface area contributed by atoms with E-state index in [0.29, 0.717) is 24.3 Å². The van der Waals surface area contributed by atoms with Gasteiger partial charge < -0.3 is 16.1 Å². The molecule has 0 radical (unpaired) electrons. The standard InChI is InChI=1S/C17H22BrN5O3/c1-16(2)14(11-6-8-12(18)9-7-11)22(25)17(23(16)26)10-4-3-5-13(17)20-21-15(19)24/h6-9,26H,3-5,10H2,1-2H3,(H3,19,21,24)/b20-13-/t17-/m0/s1. The van der Waals surface area contributed by atoms with Gasteiger partial charge in [0.1, 0.15) is 11.3 Å². The predicted octanol–water partition coefficient (Wildman–Crippen LogP) is 2.53. The van der Waals surface area contributed by atoms with Crippen LogP contribution in [0, 0.1) is 5.21 Å². The molecule has 140 valence electrons. The Bertz CT molecular complexity index is 790. The second-order valence-electron chi connectivity index (χ2n) is 7.08. The number of carbonyl (C=O) groups is 1. The molecule has 1 aromatic carbocycles. The molecule has 1 aromatic rings. The van der Waals surface area contributed by atoms with Crippen LogP contribution in [-0.4, -0.2) is 43.7 Å². The van der Waals surface area contributed by atoms with E-state index in [1.54, 1.807) is 13.8 Å². The maximum absolute atomic E-state index is 13.5. The number of hydroxylamine groups is 3. The SMILES string of the molecule is CC1(C)C(c2ccc(Br)cc2)=[N+]([O-])[C@@]2(CCCC/C2=N/NC(N)=O)N1O. The minimum Gasteiger partial charge on any atom is -0.622 e. The molecule has 4 N–H and O–H groups in total. The first-order valence-corrected chi connectivity index (χ1v) is 9.23. The molecule has 2 amide bonds. The van der Waals surface area contributed by atoms with Crippen molar-refractivity contribution in [1.82, 2.24) is 10.5 Å². The molecule has 0 saturated heterocycles. The minimum absolute atomic E-state index is 0.399. The highest BCUT2D eigenvalue weighted by Gasteiger charge is 2.65. The summed E-state index contributed by atoms with van der Waals surface area (Å²) in [6, 6.07) is 6.56. The Labute approximate surface area is 160 Å². The van der Waals surface area contributed by atoms with Crippen LogP contribution in [0.25, 0.3) is 0 Å². The Morgan fingerprint density at radius 2 is 2.04 bits per heavy atom. The van der Waals surface area contributed by atoms with E-state index in [-0.39, 0.29) is 0 Å². The molecular weight excluding hydrogens is 402 g/mol. The summed E-state index contributed by atoms with van der Waals surface area (Å²) in [5.41, 5.74) is 6.59. The van der Waals surface area contributed by atoms with Crippen LogP contribution in [0.4, 0.5) is 4.79 Å². The molecule has 3 rings (SSSR count). The summed E-state index contributed by atoms with van der Waals surface area (Å²) in [7, 11) is 0. The fourth-order valence-electron chi connectivity index (χ4n) is 3.88. The maximum Gasteiger partial charge on any atom is 0.332 e. The number of nitrogens with one attached hydrogen (secondary N) is 1. The van der Waals surface area contributed by atoms with Crippen molar-refractivity contribution in [2.24, 2.45) is 10.8 Å². The molecular formula is C17H22BrN5O3. The van der Waals surface area contributed by atoms with Crippen LogP contribution in [-0.2, 0) is 0 Å². The topological polar surface area (TPSA) is 117 Å². The van der Waals surface area contributed by atoms with Crippen molar-refractivity contribution < 1.29 is 14.7 Å². The minimum atomic E-state index is -1.35. The van der Waals surface area contributed by atoms with Gasteiger partial charge in [0.05, 0.1) is 0 Å². The van der Waals surface area contributed by atoms with E-state index in [9.17, 15) is 15.2 Å². The summed E-state index contributed by atoms with van der Waals surface area (Å²) in [5, 5.41) is 29.7. The van der Waals surface area contributed by atoms with E-state index in [1.807, 2.05) is 24.3 Å². The van der Waals surface area contributed by atoms with Crippen molar-refractivity contribution in [2.45, 2.75) is 50.7 Å². The molecule has 0 bridgehead atoms. The van der Waals surface area contributed by atoms with Gasteiger partial charge in [0, 0.05) is 16.5 Å². The van der Waals surface area contributed by atoms with Gasteiger partial charge in [-0.3, -0.25) is 0 Å². The number of hydrogen-bond acceptors (Lipinski definition) is 5. The average molecular weight is 424 g/mol. The monoisotopic (exact) mass is 423 g/mol. The number of hydrazone groups is 1. The Kier molecular flexibility index (Phi) is 4.80. The van der Waals surface area contributed by atoms with Crippen LogP contribution < -0.4 is 11.2 Å². The van der Waals surface area contributed by atoms with Gasteiger partial charge in [-0.25, -0.2) is 10.2 Å². The van der Waals surface area contributed by atoms with E-state index in [2.05, 4.69) is 26.5 Å². The summed E-state index contributed by atoms with van der Waals surface area (Å²) in [6.07, 6.45) is 2.46. The largest absolute Gasteiger partial charge is 0.622 e. The van der Waals surface area contributed by atoms with Crippen LogP contribution in [0.15, 0.2) is 33.8 Å². The molecule has 1 spiro atoms. The number of amides is 2. The van der Waals surface area contributed by atoms with Gasteiger partial charge in [-0.1, -0.05) is 15.9 Å². The number of urea groups is 1. The number of rotatable bonds is 2. The van der Waals surface area contributed by atoms with E-state index in [4.69, 9.17) is 5.73 Å². The number of carbonyl (C=O) groups excluding carboxylic acids is 1. The van der Waals surface area contributed by atoms with Gasteiger partial charge in [-0.2, -0.15) is 9.84 Å². The highest BCUT2D eigenvalue weighted by molar-refractivity contribution is 9.10. The molecule has 2 aliphatic rings. The first-order valence-electron chi connectivity index (χ1n) is 8.43. The van der Waals surface area contributed by atoms with Gasteiger partial charge in [0.25, 0.3) is 5.66 Å². The molecule has 0 unspecified atom stereocenters. The highest BCUT2D eigenvalue weighted by Crippen LogP contribution is 2.42. The number of nitrogens with zero attached hydrogens (tertiary/aromatic N) is 3. The lowest BCUT2D eigenvalue weighted by molar-refractivity contribution is -0.568. The van der Waals surface area contributed by atoms with Crippen LogP contribution in [0.5, 0.6) is 0 Å². The Morgan fingerprint density at radius 3 is 2.65 bits per heavy atom. The van der Waals surface area contributed by atoms with Crippen LogP contribution in [0.1, 0.15) is 45.1 Å². The molecule has 1 saturated carbocycles. The summed E-state index contributed by atoms with van der Waals surface area (Å²) in [5.74, 6) is 0. The number of nitrogens with two attached hydrogens (primary N) is 1. The number of primary amides is 1. The lowest BCUT2D eigenvalue weighted by Crippen LogP contribution is -2.61. The lowest BCUT2D eigenvalue weighted by atomic mass is 9.86. The fraction of sp³-hybridized carbons (Fsp3) is 0.471. The first kappa shape index (κ1) is 18.8. The summed E-state index contributed by atoms with van der Waals surface area (Å²) >= 11 is 3.39. The molecule has 1 fully saturated rings. The van der Waals surface area contributed by atoms with E-state index >= 15 is 0 Å². The zero-order chi connectivity index (χ0) is 19.1. The van der Waals surface area contributed by atoms with E-state index in [1.165, 1.54) is 0 Å². The predicted molar refractivity (Wildman–Crippen MR) is 101 cm³/mol. The van der Waals surface area contributed by atoms with Gasteiger partial charge >= 0.3 is 6.03 Å². The van der Waals surface area contributed by atoms with Crippen LogP contribution >= 0.6 is 15.9 Å². The first-order chi connectivity index (χ1) is 12.2. The molecule has 9 heteroatoms. The zero-order valence-corrected chi connectivity index (χ0v) is 16.3. The molecule has 1 aliphatic carbocycles. The quantitative estimate of drug-likeness (QED) is 0.384. The van der Waals surface area contributed by atoms with E-state index < -0.39 is 17.2 Å². The number of hydrogen-bond donors (Lipinski definition) is 3. The lowest BCUT2D eigenvalue weighted by Gasteiger charge is -2.38. The van der Waals surface area contributed by atoms with Crippen molar-refractivity contribution in [3.63, 3.8) is 0 Å². The van der Waals surface area contributed by atoms with Crippen LogP contribution in [0.3, 0.4) is 0 Å². The van der Waals surface area contributed by atoms with Gasteiger partial charge in [-0.15, -0.1) is 5.06 Å². The number of benzene rings is 1. The Balaban J connectivity index is 2.18. The highest BCUT2D eigenvalue weighted by atomic mass is 79.9. The van der Waals surface area contributed by atoms with Gasteiger partial charge in [-0.05, 0) is 57.4 Å². The van der Waals surface area contributed by atoms with Crippen molar-refractivity contribution in [1.29, 1.82) is 0 Å². The van der Waals surface area contributed by atoms with Crippen molar-refractivity contribution in [3.8, 4) is 0 Å². The smallest absolute Gasteiger partial charge is 0.332 e. The zero-order valence-electron chi connectivity index (χ0n) is 14.7. The molecule has 1 heterocycles. The van der Waals surface area contributed by atoms with Crippen molar-refractivity contribution >= 4 is 33.4 Å². The third-order valence-electron chi connectivity index (χ3n) is 5.07. The summed E-state index contributed by atoms with van der Waals surface area (Å²) in [6.45, 7) is 3.58. The van der Waals surface area contributed by atoms with Gasteiger partial charge in [0.2, 0.25) is 5.71 Å². The Morgan fingerprint density at radius 1 is 1.38 bits per heavy atom. The molecule has 8 nitrogen and oxygen atoms in total.